The summed E-state index contributed by atoms with van der Waals surface area (Å²) in [4.78, 5) is 22.1. The first-order chi connectivity index (χ1) is 9.74. The molecule has 1 aromatic rings. The van der Waals surface area contributed by atoms with Gasteiger partial charge in [-0.05, 0) is 38.2 Å². The largest absolute Gasteiger partial charge is 0.271 e. The minimum absolute atomic E-state index is 0.106. The fourth-order valence-corrected chi connectivity index (χ4v) is 4.40. The smallest absolute Gasteiger partial charge is 0.263 e. The number of thiophene rings is 1. The summed E-state index contributed by atoms with van der Waals surface area (Å²) in [7, 11) is 0. The van der Waals surface area contributed by atoms with Crippen LogP contribution in [0.25, 0.3) is 0 Å². The fraction of sp³-hybridized carbons (Fsp3) is 0.500. The molecule has 104 valence electrons. The van der Waals surface area contributed by atoms with Crippen molar-refractivity contribution in [3.63, 3.8) is 0 Å². The summed E-state index contributed by atoms with van der Waals surface area (Å²) in [6.07, 6.45) is 5.97. The third-order valence-corrected chi connectivity index (χ3v) is 5.23. The Morgan fingerprint density at radius 3 is 2.95 bits per heavy atom. The Kier molecular flexibility index (Phi) is 2.75. The number of aryl methyl sites for hydroxylation is 1. The zero-order valence-corrected chi connectivity index (χ0v) is 12.2. The van der Waals surface area contributed by atoms with E-state index >= 15 is 0 Å². The maximum atomic E-state index is 11.7. The van der Waals surface area contributed by atoms with E-state index in [1.54, 1.807) is 11.3 Å². The molecular weight excluding hydrogens is 272 g/mol. The lowest BCUT2D eigenvalue weighted by Gasteiger charge is -2.31. The Morgan fingerprint density at radius 2 is 2.05 bits per heavy atom. The van der Waals surface area contributed by atoms with Crippen LogP contribution in [0.1, 0.15) is 42.2 Å². The molecule has 1 amide bonds. The number of rotatable bonds is 0. The third kappa shape index (κ3) is 1.75. The molecule has 1 aromatic heterocycles. The average molecular weight is 288 g/mol. The van der Waals surface area contributed by atoms with Crippen molar-refractivity contribution >= 4 is 33.9 Å². The molecule has 0 unspecified atom stereocenters. The highest BCUT2D eigenvalue weighted by molar-refractivity contribution is 7.16. The van der Waals surface area contributed by atoms with Crippen molar-refractivity contribution in [2.24, 2.45) is 9.98 Å². The first-order valence-electron chi connectivity index (χ1n) is 7.09. The molecule has 0 radical (unpaired) electrons. The molecule has 0 saturated heterocycles. The van der Waals surface area contributed by atoms with Gasteiger partial charge >= 0.3 is 0 Å². The lowest BCUT2D eigenvalue weighted by molar-refractivity contribution is -0.117. The summed E-state index contributed by atoms with van der Waals surface area (Å²) in [6.45, 7) is 2.20. The molecule has 0 atom stereocenters. The Morgan fingerprint density at radius 1 is 1.20 bits per heavy atom. The molecule has 0 bridgehead atoms. The third-order valence-electron chi connectivity index (χ3n) is 4.04. The van der Waals surface area contributed by atoms with Gasteiger partial charge in [-0.1, -0.05) is 6.42 Å². The Labute approximate surface area is 121 Å². The number of nitrogens with zero attached hydrogens (tertiary/aromatic N) is 3. The van der Waals surface area contributed by atoms with Gasteiger partial charge in [0, 0.05) is 4.88 Å². The number of hydrazine groups is 1. The van der Waals surface area contributed by atoms with Gasteiger partial charge in [-0.2, -0.15) is 4.99 Å². The van der Waals surface area contributed by atoms with E-state index in [-0.39, 0.29) is 12.5 Å². The minimum atomic E-state index is -0.106. The molecule has 0 fully saturated rings. The number of carbonyl (C=O) groups excluding carboxylic acids is 1. The summed E-state index contributed by atoms with van der Waals surface area (Å²) in [5, 5.41) is 2.89. The van der Waals surface area contributed by atoms with Crippen molar-refractivity contribution < 1.29 is 4.79 Å². The number of amidine groups is 2. The van der Waals surface area contributed by atoms with Crippen LogP contribution in [0.2, 0.25) is 0 Å². The quantitative estimate of drug-likeness (QED) is 0.744. The molecule has 1 N–H and O–H groups in total. The van der Waals surface area contributed by atoms with Gasteiger partial charge < -0.3 is 0 Å². The van der Waals surface area contributed by atoms with Crippen LogP contribution in [0.3, 0.4) is 0 Å². The minimum Gasteiger partial charge on any atom is -0.271 e. The summed E-state index contributed by atoms with van der Waals surface area (Å²) in [5.41, 5.74) is 5.57. The molecule has 6 heteroatoms. The monoisotopic (exact) mass is 288 g/mol. The van der Waals surface area contributed by atoms with Crippen LogP contribution >= 0.6 is 11.3 Å². The highest BCUT2D eigenvalue weighted by Crippen LogP contribution is 2.42. The summed E-state index contributed by atoms with van der Waals surface area (Å²) in [5.74, 6) is 1.51. The normalized spacial score (nSPS) is 21.4. The predicted octanol–water partition coefficient (Wildman–Crippen LogP) is 2.17. The van der Waals surface area contributed by atoms with Crippen molar-refractivity contribution in [2.75, 3.05) is 6.54 Å². The van der Waals surface area contributed by atoms with Crippen LogP contribution in [-0.4, -0.2) is 29.1 Å². The Hall–Kier alpha value is -1.53. The van der Waals surface area contributed by atoms with E-state index in [4.69, 9.17) is 4.99 Å². The van der Waals surface area contributed by atoms with Gasteiger partial charge in [0.2, 0.25) is 0 Å². The molecule has 5 nitrogen and oxygen atoms in total. The molecule has 0 spiro atoms. The van der Waals surface area contributed by atoms with E-state index in [1.807, 2.05) is 11.9 Å². The molecule has 20 heavy (non-hydrogen) atoms. The van der Waals surface area contributed by atoms with Gasteiger partial charge in [0.25, 0.3) is 5.91 Å². The van der Waals surface area contributed by atoms with E-state index in [2.05, 4.69) is 10.4 Å². The molecule has 2 aliphatic heterocycles. The standard InChI is InChI=1S/C14H16N4OS/c1-8-16-14-12(13-17-11(19)7-15-18(8)13)9-5-3-2-4-6-10(9)20-14/h15H,2-7H2,1H3. The van der Waals surface area contributed by atoms with Gasteiger partial charge in [0.05, 0.1) is 12.1 Å². The topological polar surface area (TPSA) is 57.1 Å². The Bertz CT molecular complexity index is 658. The predicted molar refractivity (Wildman–Crippen MR) is 79.7 cm³/mol. The number of carbonyl (C=O) groups is 1. The zero-order valence-electron chi connectivity index (χ0n) is 11.4. The first kappa shape index (κ1) is 12.2. The maximum Gasteiger partial charge on any atom is 0.263 e. The molecule has 3 heterocycles. The first-order valence-corrected chi connectivity index (χ1v) is 7.91. The second kappa shape index (κ2) is 4.49. The maximum absolute atomic E-state index is 11.7. The lowest BCUT2D eigenvalue weighted by atomic mass is 10.0. The number of aliphatic imine (C=N–C) groups is 2. The van der Waals surface area contributed by atoms with E-state index in [9.17, 15) is 4.79 Å². The number of fused-ring (bicyclic) bond motifs is 5. The van der Waals surface area contributed by atoms with Gasteiger partial charge in [0.15, 0.2) is 5.84 Å². The van der Waals surface area contributed by atoms with Gasteiger partial charge in [-0.3, -0.25) is 4.79 Å². The van der Waals surface area contributed by atoms with Crippen molar-refractivity contribution in [3.8, 4) is 0 Å². The van der Waals surface area contributed by atoms with E-state index in [1.165, 1.54) is 29.7 Å². The summed E-state index contributed by atoms with van der Waals surface area (Å²) >= 11 is 1.78. The van der Waals surface area contributed by atoms with E-state index < -0.39 is 0 Å². The van der Waals surface area contributed by atoms with Crippen molar-refractivity contribution in [3.05, 3.63) is 16.0 Å². The van der Waals surface area contributed by atoms with Crippen molar-refractivity contribution in [1.29, 1.82) is 0 Å². The van der Waals surface area contributed by atoms with Gasteiger partial charge in [-0.15, -0.1) is 11.3 Å². The second-order valence-corrected chi connectivity index (χ2v) is 6.49. The molecule has 0 saturated carbocycles. The highest BCUT2D eigenvalue weighted by Gasteiger charge is 2.33. The van der Waals surface area contributed by atoms with Crippen LogP contribution < -0.4 is 5.43 Å². The van der Waals surface area contributed by atoms with Crippen LogP contribution in [-0.2, 0) is 17.6 Å². The highest BCUT2D eigenvalue weighted by atomic mass is 32.1. The van der Waals surface area contributed by atoms with Crippen LogP contribution in [0.15, 0.2) is 9.98 Å². The van der Waals surface area contributed by atoms with E-state index in [0.29, 0.717) is 0 Å². The van der Waals surface area contributed by atoms with Crippen LogP contribution in [0.5, 0.6) is 0 Å². The Balaban J connectivity index is 1.93. The van der Waals surface area contributed by atoms with Crippen LogP contribution in [0.4, 0.5) is 5.00 Å². The average Bonchev–Trinajstić information content (AvgIpc) is 2.61. The SMILES string of the molecule is CC1=Nc2sc3c(c2C2=NC(=O)CNN12)CCCCC3. The van der Waals surface area contributed by atoms with Crippen molar-refractivity contribution in [2.45, 2.75) is 39.0 Å². The van der Waals surface area contributed by atoms with Gasteiger partial charge in [0.1, 0.15) is 10.8 Å². The lowest BCUT2D eigenvalue weighted by Crippen LogP contribution is -2.53. The number of nitrogens with one attached hydrogen (secondary N) is 1. The van der Waals surface area contributed by atoms with E-state index in [0.717, 1.165) is 35.1 Å². The fourth-order valence-electron chi connectivity index (χ4n) is 3.10. The van der Waals surface area contributed by atoms with Crippen LogP contribution in [0, 0.1) is 0 Å². The molecule has 0 aromatic carbocycles. The zero-order chi connectivity index (χ0) is 13.7. The molecule has 4 rings (SSSR count). The molecule has 3 aliphatic rings. The number of amides is 1. The summed E-state index contributed by atoms with van der Waals surface area (Å²) in [6, 6.07) is 0. The number of hydrogen-bond acceptors (Lipinski definition) is 5. The van der Waals surface area contributed by atoms with Gasteiger partial charge in [-0.25, -0.2) is 15.4 Å². The molecule has 1 aliphatic carbocycles. The molecular formula is C14H16N4OS. The number of hydrogen-bond donors (Lipinski definition) is 1. The summed E-state index contributed by atoms with van der Waals surface area (Å²) < 4.78 is 0. The second-order valence-electron chi connectivity index (χ2n) is 5.40. The van der Waals surface area contributed by atoms with Crippen molar-refractivity contribution in [1.82, 2.24) is 10.4 Å².